The first-order valence-electron chi connectivity index (χ1n) is 8.64. The van der Waals surface area contributed by atoms with Crippen molar-refractivity contribution < 1.29 is 58.9 Å². The fourth-order valence-corrected chi connectivity index (χ4v) is 7.88. The van der Waals surface area contributed by atoms with E-state index < -0.39 is 8.07 Å². The molecule has 5 heteroatoms. The fraction of sp³-hybridized carbons (Fsp3) is 0.227. The van der Waals surface area contributed by atoms with Crippen molar-refractivity contribution in [1.82, 2.24) is 0 Å². The largest absolute Gasteiger partial charge is 4.00 e. The van der Waals surface area contributed by atoms with Crippen molar-refractivity contribution in [3.8, 4) is 0 Å². The summed E-state index contributed by atoms with van der Waals surface area (Å²) in [6.45, 7) is 4.74. The van der Waals surface area contributed by atoms with Crippen LogP contribution in [0.5, 0.6) is 0 Å². The molecule has 0 aliphatic rings. The molecule has 3 rings (SSSR count). The second-order valence-electron chi connectivity index (χ2n) is 6.33. The summed E-state index contributed by atoms with van der Waals surface area (Å²) in [7, 11) is -1.59. The Balaban J connectivity index is 0. The molecule has 3 aromatic carbocycles. The van der Waals surface area contributed by atoms with Crippen molar-refractivity contribution in [3.05, 3.63) is 90.0 Å². The molecule has 0 saturated heterocycles. The second kappa shape index (κ2) is 13.7. The molecule has 0 nitrogen and oxygen atoms in total. The maximum atomic E-state index is 2.47. The van der Waals surface area contributed by atoms with E-state index in [0.29, 0.717) is 0 Å². The SMILES string of the molecule is CC[Si](CC)(c1ccccc1)[c-]1ccc(Cc2ccccc2)c1.[Cl-].[Cl-].[Cl-].[Ti+4]. The zero-order valence-corrected chi connectivity index (χ0v) is 20.6. The molecule has 27 heavy (non-hydrogen) atoms. The van der Waals surface area contributed by atoms with Crippen LogP contribution in [0.1, 0.15) is 25.0 Å². The number of hydrogen-bond acceptors (Lipinski definition) is 0. The molecule has 3 aromatic rings. The van der Waals surface area contributed by atoms with Crippen molar-refractivity contribution in [1.29, 1.82) is 0 Å². The van der Waals surface area contributed by atoms with Gasteiger partial charge in [-0.25, -0.2) is 6.07 Å². The van der Waals surface area contributed by atoms with E-state index in [0.717, 1.165) is 6.42 Å². The summed E-state index contributed by atoms with van der Waals surface area (Å²) in [4.78, 5) is 0. The maximum Gasteiger partial charge on any atom is 4.00 e. The van der Waals surface area contributed by atoms with Crippen molar-refractivity contribution >= 4 is 18.4 Å². The Bertz CT molecular complexity index is 741. The van der Waals surface area contributed by atoms with Crippen LogP contribution in [0, 0.1) is 0 Å². The zero-order valence-electron chi connectivity index (χ0n) is 15.8. The summed E-state index contributed by atoms with van der Waals surface area (Å²) in [6.07, 6.45) is 1.04. The first kappa shape index (κ1) is 28.8. The predicted octanol–water partition coefficient (Wildman–Crippen LogP) is -4.39. The van der Waals surface area contributed by atoms with Crippen LogP contribution in [0.3, 0.4) is 0 Å². The van der Waals surface area contributed by atoms with Crippen LogP contribution in [-0.4, -0.2) is 8.07 Å². The minimum absolute atomic E-state index is 0. The Labute approximate surface area is 198 Å². The van der Waals surface area contributed by atoms with Crippen LogP contribution < -0.4 is 47.6 Å². The normalized spacial score (nSPS) is 9.85. The average molecular weight is 472 g/mol. The van der Waals surface area contributed by atoms with E-state index in [1.807, 2.05) is 0 Å². The monoisotopic (exact) mass is 470 g/mol. The molecule has 142 valence electrons. The summed E-state index contributed by atoms with van der Waals surface area (Å²) < 4.78 is 0. The van der Waals surface area contributed by atoms with Gasteiger partial charge >= 0.3 is 21.7 Å². The molecule has 0 atom stereocenters. The Kier molecular flexibility index (Phi) is 14.6. The van der Waals surface area contributed by atoms with Gasteiger partial charge in [-0.1, -0.05) is 104 Å². The first-order valence-corrected chi connectivity index (χ1v) is 11.1. The molecule has 0 heterocycles. The van der Waals surface area contributed by atoms with Crippen molar-refractivity contribution in [2.75, 3.05) is 0 Å². The third-order valence-corrected chi connectivity index (χ3v) is 10.4. The Hall–Kier alpha value is -0.409. The van der Waals surface area contributed by atoms with E-state index >= 15 is 0 Å². The third kappa shape index (κ3) is 6.56. The Morgan fingerprint density at radius 1 is 0.704 bits per heavy atom. The van der Waals surface area contributed by atoms with E-state index in [1.165, 1.54) is 23.2 Å². The number of hydrogen-bond donors (Lipinski definition) is 0. The van der Waals surface area contributed by atoms with Gasteiger partial charge in [0.2, 0.25) is 0 Å². The molecule has 0 amide bonds. The van der Waals surface area contributed by atoms with Gasteiger partial charge < -0.3 is 37.2 Å². The van der Waals surface area contributed by atoms with Crippen molar-refractivity contribution in [3.63, 3.8) is 0 Å². The van der Waals surface area contributed by atoms with Gasteiger partial charge in [0.05, 0.1) is 8.07 Å². The number of benzene rings is 2. The van der Waals surface area contributed by atoms with E-state index in [1.54, 1.807) is 10.4 Å². The van der Waals surface area contributed by atoms with Gasteiger partial charge in [0.1, 0.15) is 0 Å². The average Bonchev–Trinajstić information content (AvgIpc) is 3.07. The van der Waals surface area contributed by atoms with Gasteiger partial charge in [0.25, 0.3) is 0 Å². The topological polar surface area (TPSA) is 0 Å². The number of halogens is 3. The molecule has 0 saturated carbocycles. The Morgan fingerprint density at radius 2 is 1.22 bits per heavy atom. The molecular weight excluding hydrogens is 447 g/mol. The van der Waals surface area contributed by atoms with Crippen LogP contribution in [0.2, 0.25) is 12.1 Å². The molecule has 0 bridgehead atoms. The third-order valence-electron chi connectivity index (χ3n) is 5.16. The fourth-order valence-electron chi connectivity index (χ4n) is 3.72. The van der Waals surface area contributed by atoms with Crippen molar-refractivity contribution in [2.24, 2.45) is 0 Å². The van der Waals surface area contributed by atoms with Crippen LogP contribution in [0.4, 0.5) is 0 Å². The van der Waals surface area contributed by atoms with E-state index in [9.17, 15) is 0 Å². The maximum absolute atomic E-state index is 2.47. The van der Waals surface area contributed by atoms with Crippen LogP contribution in [0.25, 0.3) is 0 Å². The van der Waals surface area contributed by atoms with Crippen LogP contribution >= 0.6 is 0 Å². The minimum Gasteiger partial charge on any atom is -1.00 e. The van der Waals surface area contributed by atoms with Crippen molar-refractivity contribution in [2.45, 2.75) is 32.4 Å². The van der Waals surface area contributed by atoms with Crippen LogP contribution in [-0.2, 0) is 28.1 Å². The summed E-state index contributed by atoms with van der Waals surface area (Å²) in [5.74, 6) is 0. The quantitative estimate of drug-likeness (QED) is 0.252. The van der Waals surface area contributed by atoms with Crippen LogP contribution in [0.15, 0.2) is 78.9 Å². The predicted molar refractivity (Wildman–Crippen MR) is 104 cm³/mol. The van der Waals surface area contributed by atoms with Gasteiger partial charge in [0, 0.05) is 0 Å². The molecule has 0 radical (unpaired) electrons. The summed E-state index contributed by atoms with van der Waals surface area (Å²) in [6, 6.07) is 31.7. The summed E-state index contributed by atoms with van der Waals surface area (Å²) in [5, 5.41) is 3.17. The standard InChI is InChI=1S/C22H25Si.3ClH.Ti/c1-3-23(4-2,21-13-9-6-10-14-21)22-16-15-20(18-22)17-19-11-7-5-8-12-19;;;;/h5-16,18H,3-4,17H2,1-2H3;3*1H;/q-1;;;;+4/p-3. The number of rotatable bonds is 6. The molecular formula is C22H25Cl3SiTi. The molecule has 0 N–H and O–H groups in total. The second-order valence-corrected chi connectivity index (χ2v) is 11.1. The molecule has 0 aliphatic heterocycles. The molecule has 0 aromatic heterocycles. The smallest absolute Gasteiger partial charge is 1.00 e. The van der Waals surface area contributed by atoms with Gasteiger partial charge in [-0.15, -0.1) is 0 Å². The van der Waals surface area contributed by atoms with Gasteiger partial charge in [-0.2, -0.15) is 22.9 Å². The summed E-state index contributed by atoms with van der Waals surface area (Å²) in [5.41, 5.74) is 2.84. The minimum atomic E-state index is -1.59. The summed E-state index contributed by atoms with van der Waals surface area (Å²) >= 11 is 0. The molecule has 0 unspecified atom stereocenters. The van der Waals surface area contributed by atoms with E-state index in [2.05, 4.69) is 92.7 Å². The van der Waals surface area contributed by atoms with E-state index in [4.69, 9.17) is 0 Å². The van der Waals surface area contributed by atoms with Gasteiger partial charge in [-0.05, 0) is 0 Å². The first-order chi connectivity index (χ1) is 11.3. The van der Waals surface area contributed by atoms with E-state index in [-0.39, 0.29) is 58.9 Å². The van der Waals surface area contributed by atoms with Gasteiger partial charge in [0.15, 0.2) is 0 Å². The molecule has 0 aliphatic carbocycles. The molecule has 0 spiro atoms. The Morgan fingerprint density at radius 3 is 1.74 bits per heavy atom. The molecule has 0 fully saturated rings. The zero-order chi connectivity index (χ0) is 16.1. The van der Waals surface area contributed by atoms with Gasteiger partial charge in [-0.3, -0.25) is 0 Å².